The highest BCUT2D eigenvalue weighted by Gasteiger charge is 2.18. The number of rotatable bonds is 6. The predicted molar refractivity (Wildman–Crippen MR) is 118 cm³/mol. The maximum atomic E-state index is 9.36. The fraction of sp³-hybridized carbons (Fsp3) is 0.200. The van der Waals surface area contributed by atoms with Crippen molar-refractivity contribution in [2.24, 2.45) is 0 Å². The van der Waals surface area contributed by atoms with Gasteiger partial charge in [-0.05, 0) is 53.5 Å². The maximum absolute atomic E-state index is 9.36. The molecule has 1 saturated carbocycles. The SMILES string of the molecule is N#Cc1cc(OCc2ccc(C3CCC3)cc2)cc(Nc2ccc3cc[nH]c3c2)n1. The van der Waals surface area contributed by atoms with Crippen LogP contribution in [0.5, 0.6) is 5.75 Å². The van der Waals surface area contributed by atoms with E-state index in [0.29, 0.717) is 23.9 Å². The molecule has 0 amide bonds. The Morgan fingerprint density at radius 1 is 1.07 bits per heavy atom. The number of ether oxygens (including phenoxy) is 1. The molecule has 0 bridgehead atoms. The molecule has 2 heterocycles. The molecule has 1 aliphatic carbocycles. The van der Waals surface area contributed by atoms with Crippen LogP contribution >= 0.6 is 0 Å². The Labute approximate surface area is 175 Å². The minimum Gasteiger partial charge on any atom is -0.489 e. The van der Waals surface area contributed by atoms with E-state index in [2.05, 4.69) is 45.6 Å². The summed E-state index contributed by atoms with van der Waals surface area (Å²) in [7, 11) is 0. The Morgan fingerprint density at radius 2 is 1.93 bits per heavy atom. The first kappa shape index (κ1) is 18.3. The van der Waals surface area contributed by atoms with E-state index in [1.807, 2.05) is 36.5 Å². The van der Waals surface area contributed by atoms with Gasteiger partial charge in [-0.1, -0.05) is 36.8 Å². The predicted octanol–water partition coefficient (Wildman–Crippen LogP) is 6.02. The summed E-state index contributed by atoms with van der Waals surface area (Å²) in [6, 6.07) is 22.3. The molecule has 0 radical (unpaired) electrons. The van der Waals surface area contributed by atoms with Crippen molar-refractivity contribution in [1.29, 1.82) is 5.26 Å². The molecule has 0 unspecified atom stereocenters. The topological polar surface area (TPSA) is 73.7 Å². The van der Waals surface area contributed by atoms with Crippen LogP contribution in [-0.4, -0.2) is 9.97 Å². The molecule has 0 atom stereocenters. The number of H-pyrrole nitrogens is 1. The standard InChI is InChI=1S/C25H22N4O/c26-15-22-12-23(30-16-17-4-6-19(7-5-17)18-2-1-3-18)14-25(29-22)28-21-9-8-20-10-11-27-24(20)13-21/h4-14,18,27H,1-3,16H2,(H,28,29). The number of anilines is 2. The van der Waals surface area contributed by atoms with Crippen LogP contribution in [0.15, 0.2) is 66.9 Å². The quantitative estimate of drug-likeness (QED) is 0.419. The minimum atomic E-state index is 0.316. The summed E-state index contributed by atoms with van der Waals surface area (Å²) < 4.78 is 5.97. The van der Waals surface area contributed by atoms with Crippen molar-refractivity contribution < 1.29 is 4.74 Å². The van der Waals surface area contributed by atoms with E-state index in [0.717, 1.165) is 28.1 Å². The van der Waals surface area contributed by atoms with Crippen LogP contribution in [0.4, 0.5) is 11.5 Å². The second-order valence-corrected chi connectivity index (χ2v) is 7.75. The van der Waals surface area contributed by atoms with Gasteiger partial charge in [-0.15, -0.1) is 0 Å². The fourth-order valence-electron chi connectivity index (χ4n) is 3.78. The zero-order valence-electron chi connectivity index (χ0n) is 16.6. The minimum absolute atomic E-state index is 0.316. The molecule has 5 heteroatoms. The smallest absolute Gasteiger partial charge is 0.146 e. The van der Waals surface area contributed by atoms with E-state index in [4.69, 9.17) is 4.74 Å². The highest BCUT2D eigenvalue weighted by atomic mass is 16.5. The summed E-state index contributed by atoms with van der Waals surface area (Å²) in [6.07, 6.45) is 5.86. The monoisotopic (exact) mass is 394 g/mol. The number of aromatic nitrogens is 2. The van der Waals surface area contributed by atoms with Crippen molar-refractivity contribution in [2.45, 2.75) is 31.8 Å². The third-order valence-corrected chi connectivity index (χ3v) is 5.70. The molecule has 5 rings (SSSR count). The number of aromatic amines is 1. The van der Waals surface area contributed by atoms with Gasteiger partial charge in [0, 0.05) is 29.5 Å². The molecule has 30 heavy (non-hydrogen) atoms. The summed E-state index contributed by atoms with van der Waals surface area (Å²) in [5.74, 6) is 1.93. The van der Waals surface area contributed by atoms with Crippen molar-refractivity contribution in [2.75, 3.05) is 5.32 Å². The molecule has 1 aliphatic rings. The van der Waals surface area contributed by atoms with E-state index in [1.54, 1.807) is 6.07 Å². The first-order valence-corrected chi connectivity index (χ1v) is 10.2. The van der Waals surface area contributed by atoms with E-state index < -0.39 is 0 Å². The number of nitriles is 1. The number of hydrogen-bond acceptors (Lipinski definition) is 4. The van der Waals surface area contributed by atoms with Gasteiger partial charge >= 0.3 is 0 Å². The highest BCUT2D eigenvalue weighted by molar-refractivity contribution is 5.83. The molecule has 0 saturated heterocycles. The van der Waals surface area contributed by atoms with Gasteiger partial charge in [-0.25, -0.2) is 4.98 Å². The molecular weight excluding hydrogens is 372 g/mol. The zero-order chi connectivity index (χ0) is 20.3. The molecule has 5 nitrogen and oxygen atoms in total. The lowest BCUT2D eigenvalue weighted by Gasteiger charge is -2.25. The van der Waals surface area contributed by atoms with Gasteiger partial charge in [-0.3, -0.25) is 0 Å². The summed E-state index contributed by atoms with van der Waals surface area (Å²) in [5.41, 5.74) is 4.78. The van der Waals surface area contributed by atoms with Crippen molar-refractivity contribution in [3.05, 3.63) is 83.7 Å². The number of fused-ring (bicyclic) bond motifs is 1. The third kappa shape index (κ3) is 3.85. The van der Waals surface area contributed by atoms with Crippen molar-refractivity contribution >= 4 is 22.4 Å². The van der Waals surface area contributed by atoms with Crippen LogP contribution in [-0.2, 0) is 6.61 Å². The van der Waals surface area contributed by atoms with Gasteiger partial charge in [-0.2, -0.15) is 5.26 Å². The van der Waals surface area contributed by atoms with Crippen LogP contribution in [0, 0.1) is 11.3 Å². The molecule has 148 valence electrons. The average molecular weight is 394 g/mol. The maximum Gasteiger partial charge on any atom is 0.146 e. The molecule has 1 fully saturated rings. The van der Waals surface area contributed by atoms with Crippen LogP contribution < -0.4 is 10.1 Å². The van der Waals surface area contributed by atoms with Crippen LogP contribution in [0.2, 0.25) is 0 Å². The Morgan fingerprint density at radius 3 is 2.70 bits per heavy atom. The lowest BCUT2D eigenvalue weighted by molar-refractivity contribution is 0.306. The number of nitrogens with zero attached hydrogens (tertiary/aromatic N) is 2. The van der Waals surface area contributed by atoms with Crippen molar-refractivity contribution in [3.8, 4) is 11.8 Å². The second kappa shape index (κ2) is 7.92. The Balaban J connectivity index is 1.30. The van der Waals surface area contributed by atoms with E-state index >= 15 is 0 Å². The van der Waals surface area contributed by atoms with E-state index in [9.17, 15) is 5.26 Å². The molecular formula is C25H22N4O. The molecule has 2 aromatic carbocycles. The van der Waals surface area contributed by atoms with E-state index in [-0.39, 0.29) is 0 Å². The van der Waals surface area contributed by atoms with Crippen LogP contribution in [0.1, 0.15) is 42.0 Å². The van der Waals surface area contributed by atoms with Gasteiger partial charge in [0.2, 0.25) is 0 Å². The van der Waals surface area contributed by atoms with Crippen molar-refractivity contribution in [3.63, 3.8) is 0 Å². The Hall–Kier alpha value is -3.78. The number of nitrogens with one attached hydrogen (secondary N) is 2. The van der Waals surface area contributed by atoms with Gasteiger partial charge < -0.3 is 15.0 Å². The number of hydrogen-bond donors (Lipinski definition) is 2. The first-order valence-electron chi connectivity index (χ1n) is 10.2. The molecule has 2 N–H and O–H groups in total. The van der Waals surface area contributed by atoms with E-state index in [1.165, 1.54) is 24.8 Å². The molecule has 4 aromatic rings. The number of benzene rings is 2. The largest absolute Gasteiger partial charge is 0.489 e. The Kier molecular flexibility index (Phi) is 4.82. The first-order chi connectivity index (χ1) is 14.8. The van der Waals surface area contributed by atoms with Crippen molar-refractivity contribution in [1.82, 2.24) is 9.97 Å². The van der Waals surface area contributed by atoms with Crippen LogP contribution in [0.25, 0.3) is 10.9 Å². The number of pyridine rings is 1. The molecule has 0 spiro atoms. The zero-order valence-corrected chi connectivity index (χ0v) is 16.6. The summed E-state index contributed by atoms with van der Waals surface area (Å²) >= 11 is 0. The average Bonchev–Trinajstić information content (AvgIpc) is 3.20. The third-order valence-electron chi connectivity index (χ3n) is 5.70. The summed E-state index contributed by atoms with van der Waals surface area (Å²) in [5, 5.41) is 13.8. The lowest BCUT2D eigenvalue weighted by Crippen LogP contribution is -2.08. The summed E-state index contributed by atoms with van der Waals surface area (Å²) in [6.45, 7) is 0.452. The second-order valence-electron chi connectivity index (χ2n) is 7.75. The fourth-order valence-corrected chi connectivity index (χ4v) is 3.78. The Bertz CT molecular complexity index is 1220. The molecule has 2 aromatic heterocycles. The normalized spacial score (nSPS) is 13.6. The molecule has 0 aliphatic heterocycles. The van der Waals surface area contributed by atoms with Gasteiger partial charge in [0.25, 0.3) is 0 Å². The van der Waals surface area contributed by atoms with Gasteiger partial charge in [0.1, 0.15) is 29.9 Å². The van der Waals surface area contributed by atoms with Crippen LogP contribution in [0.3, 0.4) is 0 Å². The lowest BCUT2D eigenvalue weighted by atomic mass is 9.80. The highest BCUT2D eigenvalue weighted by Crippen LogP contribution is 2.36. The van der Waals surface area contributed by atoms with Gasteiger partial charge in [0.15, 0.2) is 0 Å². The summed E-state index contributed by atoms with van der Waals surface area (Å²) in [4.78, 5) is 7.55. The van der Waals surface area contributed by atoms with Gasteiger partial charge in [0.05, 0.1) is 0 Å².